The minimum absolute atomic E-state index is 0.203. The third-order valence-corrected chi connectivity index (χ3v) is 6.23. The summed E-state index contributed by atoms with van der Waals surface area (Å²) in [4.78, 5) is 13.1. The largest absolute Gasteiger partial charge is 0.369 e. The van der Waals surface area contributed by atoms with Crippen molar-refractivity contribution in [2.24, 2.45) is 0 Å². The van der Waals surface area contributed by atoms with Crippen LogP contribution in [-0.2, 0) is 10.0 Å². The molecule has 2 aromatic heterocycles. The summed E-state index contributed by atoms with van der Waals surface area (Å²) in [6.45, 7) is 2.35. The quantitative estimate of drug-likeness (QED) is 0.324. The molecular formula is C24H24N6O2S. The molecule has 0 saturated heterocycles. The van der Waals surface area contributed by atoms with E-state index in [1.165, 1.54) is 0 Å². The minimum atomic E-state index is -3.61. The molecule has 4 aromatic rings. The van der Waals surface area contributed by atoms with Crippen molar-refractivity contribution >= 4 is 27.5 Å². The van der Waals surface area contributed by atoms with Crippen molar-refractivity contribution in [2.45, 2.75) is 11.8 Å². The average molecular weight is 461 g/mol. The number of pyridine rings is 1. The first-order valence-electron chi connectivity index (χ1n) is 10.4. The molecule has 0 aliphatic heterocycles. The van der Waals surface area contributed by atoms with Crippen molar-refractivity contribution in [3.05, 3.63) is 90.9 Å². The van der Waals surface area contributed by atoms with Crippen molar-refractivity contribution in [2.75, 3.05) is 23.7 Å². The summed E-state index contributed by atoms with van der Waals surface area (Å²) >= 11 is 0. The predicted octanol–water partition coefficient (Wildman–Crippen LogP) is 3.98. The monoisotopic (exact) mass is 460 g/mol. The third kappa shape index (κ3) is 6.12. The van der Waals surface area contributed by atoms with Gasteiger partial charge in [0.2, 0.25) is 10.0 Å². The van der Waals surface area contributed by atoms with E-state index in [1.807, 2.05) is 60.7 Å². The lowest BCUT2D eigenvalue weighted by atomic mass is 10.1. The van der Waals surface area contributed by atoms with Gasteiger partial charge in [0.1, 0.15) is 23.3 Å². The number of anilines is 3. The average Bonchev–Trinajstić information content (AvgIpc) is 2.83. The Hall–Kier alpha value is -3.82. The lowest BCUT2D eigenvalue weighted by molar-refractivity contribution is 0.583. The third-order valence-electron chi connectivity index (χ3n) is 4.75. The zero-order valence-corrected chi connectivity index (χ0v) is 18.9. The van der Waals surface area contributed by atoms with Gasteiger partial charge in [0.25, 0.3) is 0 Å². The fourth-order valence-corrected chi connectivity index (χ4v) is 4.24. The van der Waals surface area contributed by atoms with E-state index in [4.69, 9.17) is 0 Å². The molecular weight excluding hydrogens is 436 g/mol. The summed E-state index contributed by atoms with van der Waals surface area (Å²) in [6, 6.07) is 24.0. The normalized spacial score (nSPS) is 11.2. The fourth-order valence-electron chi connectivity index (χ4n) is 3.21. The van der Waals surface area contributed by atoms with Crippen molar-refractivity contribution in [3.8, 4) is 11.1 Å². The van der Waals surface area contributed by atoms with Crippen LogP contribution in [-0.4, -0.2) is 36.5 Å². The van der Waals surface area contributed by atoms with Crippen LogP contribution in [0, 0.1) is 6.92 Å². The van der Waals surface area contributed by atoms with Crippen LogP contribution in [0.4, 0.5) is 17.5 Å². The number of benzene rings is 2. The van der Waals surface area contributed by atoms with Crippen molar-refractivity contribution < 1.29 is 8.42 Å². The van der Waals surface area contributed by atoms with Crippen LogP contribution in [0.15, 0.2) is 90.0 Å². The molecule has 4 rings (SSSR count). The van der Waals surface area contributed by atoms with Crippen LogP contribution in [0.3, 0.4) is 0 Å². The first-order chi connectivity index (χ1) is 16.0. The van der Waals surface area contributed by atoms with E-state index >= 15 is 0 Å². The number of nitrogens with zero attached hydrogens (tertiary/aromatic N) is 3. The highest BCUT2D eigenvalue weighted by molar-refractivity contribution is 7.89. The Labute approximate surface area is 193 Å². The number of aryl methyl sites for hydroxylation is 1. The fraction of sp³-hybridized carbons (Fsp3) is 0.125. The maximum atomic E-state index is 12.6. The minimum Gasteiger partial charge on any atom is -0.369 e. The molecule has 0 bridgehead atoms. The molecule has 3 N–H and O–H groups in total. The first kappa shape index (κ1) is 22.4. The molecule has 0 atom stereocenters. The number of hydrogen-bond acceptors (Lipinski definition) is 7. The van der Waals surface area contributed by atoms with Crippen molar-refractivity contribution in [1.82, 2.24) is 19.7 Å². The molecule has 0 aliphatic rings. The number of hydrogen-bond donors (Lipinski definition) is 3. The highest BCUT2D eigenvalue weighted by atomic mass is 32.2. The number of sulfonamides is 1. The van der Waals surface area contributed by atoms with Gasteiger partial charge in [-0.2, -0.15) is 0 Å². The second-order valence-electron chi connectivity index (χ2n) is 7.24. The van der Waals surface area contributed by atoms with Gasteiger partial charge in [0.05, 0.1) is 4.90 Å². The van der Waals surface area contributed by atoms with Gasteiger partial charge in [-0.3, -0.25) is 0 Å². The summed E-state index contributed by atoms with van der Waals surface area (Å²) < 4.78 is 27.9. The molecule has 0 fully saturated rings. The zero-order valence-electron chi connectivity index (χ0n) is 18.1. The van der Waals surface area contributed by atoms with E-state index in [9.17, 15) is 8.42 Å². The van der Waals surface area contributed by atoms with E-state index in [2.05, 4.69) is 30.3 Å². The number of aromatic nitrogens is 3. The Morgan fingerprint density at radius 1 is 0.758 bits per heavy atom. The smallest absolute Gasteiger partial charge is 0.240 e. The SMILES string of the molecule is Cc1nc(NCCNS(=O)(=O)c2ccc(-c3ccccc3)cc2)cc(Nc2ccccn2)n1. The van der Waals surface area contributed by atoms with E-state index in [-0.39, 0.29) is 11.4 Å². The number of rotatable bonds is 9. The van der Waals surface area contributed by atoms with Crippen LogP contribution in [0.2, 0.25) is 0 Å². The number of nitrogens with one attached hydrogen (secondary N) is 3. The van der Waals surface area contributed by atoms with Gasteiger partial charge >= 0.3 is 0 Å². The van der Waals surface area contributed by atoms with Gasteiger partial charge in [-0.25, -0.2) is 28.1 Å². The Kier molecular flexibility index (Phi) is 6.92. The van der Waals surface area contributed by atoms with Gasteiger partial charge in [0, 0.05) is 25.4 Å². The summed E-state index contributed by atoms with van der Waals surface area (Å²) in [5.74, 6) is 2.44. The molecule has 0 spiro atoms. The maximum Gasteiger partial charge on any atom is 0.240 e. The first-order valence-corrected chi connectivity index (χ1v) is 11.9. The van der Waals surface area contributed by atoms with Crippen LogP contribution in [0.25, 0.3) is 11.1 Å². The molecule has 168 valence electrons. The topological polar surface area (TPSA) is 109 Å². The molecule has 2 heterocycles. The standard InChI is InChI=1S/C24H24N6O2S/c1-18-28-23(17-24(29-18)30-22-9-5-6-14-25-22)26-15-16-27-33(31,32)21-12-10-20(11-13-21)19-7-3-2-4-8-19/h2-14,17,27H,15-16H2,1H3,(H2,25,26,28,29,30). The summed E-state index contributed by atoms with van der Waals surface area (Å²) in [5, 5.41) is 6.25. The van der Waals surface area contributed by atoms with Crippen LogP contribution < -0.4 is 15.4 Å². The summed E-state index contributed by atoms with van der Waals surface area (Å²) in [6.07, 6.45) is 1.69. The summed E-state index contributed by atoms with van der Waals surface area (Å²) in [7, 11) is -3.61. The predicted molar refractivity (Wildman–Crippen MR) is 130 cm³/mol. The lowest BCUT2D eigenvalue weighted by Gasteiger charge is -2.11. The molecule has 2 aromatic carbocycles. The molecule has 9 heteroatoms. The van der Waals surface area contributed by atoms with Gasteiger partial charge in [-0.15, -0.1) is 0 Å². The van der Waals surface area contributed by atoms with Crippen LogP contribution in [0.1, 0.15) is 5.82 Å². The van der Waals surface area contributed by atoms with Gasteiger partial charge in [0.15, 0.2) is 0 Å². The Bertz CT molecular complexity index is 1300. The van der Waals surface area contributed by atoms with Crippen LogP contribution in [0.5, 0.6) is 0 Å². The van der Waals surface area contributed by atoms with E-state index < -0.39 is 10.0 Å². The second kappa shape index (κ2) is 10.2. The lowest BCUT2D eigenvalue weighted by Crippen LogP contribution is -2.29. The molecule has 0 unspecified atom stereocenters. The van der Waals surface area contributed by atoms with Crippen molar-refractivity contribution in [1.29, 1.82) is 0 Å². The molecule has 0 saturated carbocycles. The van der Waals surface area contributed by atoms with Gasteiger partial charge < -0.3 is 10.6 Å². The molecule has 33 heavy (non-hydrogen) atoms. The second-order valence-corrected chi connectivity index (χ2v) is 9.01. The van der Waals surface area contributed by atoms with Gasteiger partial charge in [-0.05, 0) is 42.3 Å². The van der Waals surface area contributed by atoms with E-state index in [0.717, 1.165) is 11.1 Å². The van der Waals surface area contributed by atoms with Crippen molar-refractivity contribution in [3.63, 3.8) is 0 Å². The summed E-state index contributed by atoms with van der Waals surface area (Å²) in [5.41, 5.74) is 2.00. The maximum absolute atomic E-state index is 12.6. The molecule has 0 radical (unpaired) electrons. The molecule has 0 aliphatic carbocycles. The Balaban J connectivity index is 1.33. The van der Waals surface area contributed by atoms with E-state index in [0.29, 0.717) is 29.8 Å². The van der Waals surface area contributed by atoms with Crippen LogP contribution >= 0.6 is 0 Å². The Morgan fingerprint density at radius 3 is 2.18 bits per heavy atom. The molecule has 8 nitrogen and oxygen atoms in total. The highest BCUT2D eigenvalue weighted by Gasteiger charge is 2.13. The molecule has 0 amide bonds. The highest BCUT2D eigenvalue weighted by Crippen LogP contribution is 2.21. The zero-order chi connectivity index (χ0) is 23.1. The van der Waals surface area contributed by atoms with Gasteiger partial charge in [-0.1, -0.05) is 48.5 Å². The Morgan fingerprint density at radius 2 is 1.45 bits per heavy atom. The van der Waals surface area contributed by atoms with E-state index in [1.54, 1.807) is 31.3 Å².